The van der Waals surface area contributed by atoms with Crippen LogP contribution in [0.25, 0.3) is 0 Å². The fourth-order valence-electron chi connectivity index (χ4n) is 4.31. The van der Waals surface area contributed by atoms with Gasteiger partial charge >= 0.3 is 0 Å². The van der Waals surface area contributed by atoms with Gasteiger partial charge in [-0.1, -0.05) is 31.6 Å². The lowest BCUT2D eigenvalue weighted by Crippen LogP contribution is -2.41. The third kappa shape index (κ3) is 3.19. The molecule has 0 spiro atoms. The van der Waals surface area contributed by atoms with Crippen molar-refractivity contribution in [3.63, 3.8) is 0 Å². The van der Waals surface area contributed by atoms with Crippen molar-refractivity contribution in [1.29, 1.82) is 0 Å². The van der Waals surface area contributed by atoms with Gasteiger partial charge in [0, 0.05) is 12.5 Å². The van der Waals surface area contributed by atoms with E-state index in [-0.39, 0.29) is 5.92 Å². The smallest absolute Gasteiger partial charge is 0.226 e. The molecule has 2 heteroatoms. The van der Waals surface area contributed by atoms with Gasteiger partial charge in [-0.15, -0.1) is 6.42 Å². The van der Waals surface area contributed by atoms with Crippen LogP contribution in [-0.2, 0) is 4.79 Å². The Kier molecular flexibility index (Phi) is 4.34. The Hall–Kier alpha value is -0.970. The van der Waals surface area contributed by atoms with Gasteiger partial charge in [-0.2, -0.15) is 0 Å². The Morgan fingerprint density at radius 2 is 1.80 bits per heavy atom. The van der Waals surface area contributed by atoms with Crippen molar-refractivity contribution in [2.75, 3.05) is 13.1 Å². The molecule has 1 amide bonds. The molecule has 3 aliphatic rings. The van der Waals surface area contributed by atoms with Crippen LogP contribution in [0.5, 0.6) is 0 Å². The van der Waals surface area contributed by atoms with Crippen LogP contribution in [0, 0.1) is 36.0 Å². The molecule has 0 N–H and O–H groups in total. The lowest BCUT2D eigenvalue weighted by Gasteiger charge is -2.40. The minimum Gasteiger partial charge on any atom is -0.331 e. The highest BCUT2D eigenvalue weighted by Gasteiger charge is 2.37. The zero-order valence-corrected chi connectivity index (χ0v) is 12.5. The molecule has 0 bridgehead atoms. The minimum atomic E-state index is 0.265. The number of hydrogen-bond acceptors (Lipinski definition) is 1. The molecule has 20 heavy (non-hydrogen) atoms. The van der Waals surface area contributed by atoms with Crippen molar-refractivity contribution in [2.24, 2.45) is 23.7 Å². The normalized spacial score (nSPS) is 33.0. The fourth-order valence-corrected chi connectivity index (χ4v) is 4.31. The van der Waals surface area contributed by atoms with Crippen molar-refractivity contribution in [3.8, 4) is 12.3 Å². The molecule has 2 nitrogen and oxygen atoms in total. The van der Waals surface area contributed by atoms with Crippen LogP contribution >= 0.6 is 0 Å². The minimum absolute atomic E-state index is 0.265. The number of carbonyl (C=O) groups is 1. The van der Waals surface area contributed by atoms with E-state index in [1.54, 1.807) is 0 Å². The highest BCUT2D eigenvalue weighted by molar-refractivity contribution is 5.79. The summed E-state index contributed by atoms with van der Waals surface area (Å²) in [5.74, 6) is 5.78. The van der Waals surface area contributed by atoms with Gasteiger partial charge in [0.05, 0.1) is 6.54 Å². The zero-order valence-electron chi connectivity index (χ0n) is 12.5. The first-order valence-electron chi connectivity index (χ1n) is 8.50. The molecule has 0 heterocycles. The summed E-state index contributed by atoms with van der Waals surface area (Å²) in [7, 11) is 0. The standard InChI is InChI=1S/C18H27NO/c1-2-11-19(13-14-7-8-14)18(20)17-10-9-15-5-3-4-6-16(15)12-17/h1,14-17H,3-13H2. The van der Waals surface area contributed by atoms with E-state index in [4.69, 9.17) is 6.42 Å². The van der Waals surface area contributed by atoms with Crippen LogP contribution in [0.1, 0.15) is 57.8 Å². The van der Waals surface area contributed by atoms with Gasteiger partial charge in [0.25, 0.3) is 0 Å². The van der Waals surface area contributed by atoms with Gasteiger partial charge in [-0.3, -0.25) is 4.79 Å². The molecule has 3 aliphatic carbocycles. The lowest BCUT2D eigenvalue weighted by molar-refractivity contribution is -0.137. The second-order valence-electron chi connectivity index (χ2n) is 7.18. The third-order valence-corrected chi connectivity index (χ3v) is 5.66. The average molecular weight is 273 g/mol. The predicted molar refractivity (Wildman–Crippen MR) is 80.9 cm³/mol. The maximum Gasteiger partial charge on any atom is 0.226 e. The summed E-state index contributed by atoms with van der Waals surface area (Å²) in [6.45, 7) is 1.42. The first-order valence-corrected chi connectivity index (χ1v) is 8.50. The highest BCUT2D eigenvalue weighted by atomic mass is 16.2. The number of nitrogens with zero attached hydrogens (tertiary/aromatic N) is 1. The van der Waals surface area contributed by atoms with Crippen molar-refractivity contribution in [1.82, 2.24) is 4.90 Å². The molecular formula is C18H27NO. The summed E-state index contributed by atoms with van der Waals surface area (Å²) in [6, 6.07) is 0. The van der Waals surface area contributed by atoms with E-state index in [0.717, 1.165) is 37.1 Å². The molecule has 3 unspecified atom stereocenters. The molecule has 3 fully saturated rings. The largest absolute Gasteiger partial charge is 0.331 e. The number of carbonyl (C=O) groups excluding carboxylic acids is 1. The molecule has 0 aromatic carbocycles. The maximum atomic E-state index is 12.8. The van der Waals surface area contributed by atoms with Crippen LogP contribution in [0.4, 0.5) is 0 Å². The summed E-state index contributed by atoms with van der Waals surface area (Å²) in [5, 5.41) is 0. The van der Waals surface area contributed by atoms with Crippen LogP contribution in [0.3, 0.4) is 0 Å². The topological polar surface area (TPSA) is 20.3 Å². The molecule has 3 rings (SSSR count). The number of terminal acetylenes is 1. The van der Waals surface area contributed by atoms with Gasteiger partial charge in [-0.05, 0) is 49.9 Å². The van der Waals surface area contributed by atoms with Gasteiger partial charge < -0.3 is 4.90 Å². The summed E-state index contributed by atoms with van der Waals surface area (Å²) < 4.78 is 0. The zero-order chi connectivity index (χ0) is 13.9. The van der Waals surface area contributed by atoms with Gasteiger partial charge in [-0.25, -0.2) is 0 Å². The first-order chi connectivity index (χ1) is 9.78. The molecule has 0 saturated heterocycles. The summed E-state index contributed by atoms with van der Waals surface area (Å²) in [4.78, 5) is 14.7. The fraction of sp³-hybridized carbons (Fsp3) is 0.833. The second-order valence-corrected chi connectivity index (χ2v) is 7.18. The maximum absolute atomic E-state index is 12.8. The van der Waals surface area contributed by atoms with Gasteiger partial charge in [0.15, 0.2) is 0 Å². The first kappa shape index (κ1) is 14.0. The van der Waals surface area contributed by atoms with Crippen LogP contribution in [-0.4, -0.2) is 23.9 Å². The van der Waals surface area contributed by atoms with Gasteiger partial charge in [0.2, 0.25) is 5.91 Å². The van der Waals surface area contributed by atoms with Crippen molar-refractivity contribution >= 4 is 5.91 Å². The number of hydrogen-bond donors (Lipinski definition) is 0. The van der Waals surface area contributed by atoms with Crippen LogP contribution in [0.15, 0.2) is 0 Å². The molecular weight excluding hydrogens is 246 g/mol. The van der Waals surface area contributed by atoms with E-state index >= 15 is 0 Å². The third-order valence-electron chi connectivity index (χ3n) is 5.66. The molecule has 0 aromatic heterocycles. The van der Waals surface area contributed by atoms with Crippen molar-refractivity contribution < 1.29 is 4.79 Å². The highest BCUT2D eigenvalue weighted by Crippen LogP contribution is 2.43. The van der Waals surface area contributed by atoms with Crippen molar-refractivity contribution in [2.45, 2.75) is 57.8 Å². The van der Waals surface area contributed by atoms with Crippen LogP contribution in [0.2, 0.25) is 0 Å². The number of rotatable bonds is 4. The molecule has 0 radical (unpaired) electrons. The summed E-state index contributed by atoms with van der Waals surface area (Å²) in [5.41, 5.74) is 0. The Balaban J connectivity index is 1.58. The molecule has 110 valence electrons. The summed E-state index contributed by atoms with van der Waals surface area (Å²) in [6.07, 6.45) is 17.1. The second kappa shape index (κ2) is 6.20. The van der Waals surface area contributed by atoms with E-state index in [0.29, 0.717) is 12.5 Å². The molecule has 0 aromatic rings. The molecule has 3 atom stereocenters. The van der Waals surface area contributed by atoms with E-state index in [1.165, 1.54) is 44.9 Å². The van der Waals surface area contributed by atoms with E-state index in [2.05, 4.69) is 5.92 Å². The number of fused-ring (bicyclic) bond motifs is 1. The van der Waals surface area contributed by atoms with E-state index < -0.39 is 0 Å². The Morgan fingerprint density at radius 3 is 2.50 bits per heavy atom. The van der Waals surface area contributed by atoms with Gasteiger partial charge in [0.1, 0.15) is 0 Å². The van der Waals surface area contributed by atoms with Crippen molar-refractivity contribution in [3.05, 3.63) is 0 Å². The molecule has 3 saturated carbocycles. The van der Waals surface area contributed by atoms with E-state index in [9.17, 15) is 4.79 Å². The lowest BCUT2D eigenvalue weighted by atomic mass is 9.67. The number of amides is 1. The SMILES string of the molecule is C#CCN(CC1CC1)C(=O)C1CCC2CCCCC2C1. The molecule has 0 aliphatic heterocycles. The quantitative estimate of drug-likeness (QED) is 0.718. The average Bonchev–Trinajstić information content (AvgIpc) is 3.29. The Morgan fingerprint density at radius 1 is 1.05 bits per heavy atom. The van der Waals surface area contributed by atoms with Crippen LogP contribution < -0.4 is 0 Å². The summed E-state index contributed by atoms with van der Waals surface area (Å²) >= 11 is 0. The predicted octanol–water partition coefficient (Wildman–Crippen LogP) is 3.46. The monoisotopic (exact) mass is 273 g/mol. The Labute approximate surface area is 123 Å². The van der Waals surface area contributed by atoms with E-state index in [1.807, 2.05) is 4.90 Å². The Bertz CT molecular complexity index is 393.